The van der Waals surface area contributed by atoms with E-state index >= 15 is 0 Å². The minimum atomic E-state index is 0.0955. The van der Waals surface area contributed by atoms with Crippen LogP contribution in [0.15, 0.2) is 54.6 Å². The number of ether oxygens (including phenoxy) is 2. The second-order valence-electron chi connectivity index (χ2n) is 5.20. The van der Waals surface area contributed by atoms with Gasteiger partial charge in [-0.1, -0.05) is 49.4 Å². The lowest BCUT2D eigenvalue weighted by Gasteiger charge is -2.21. The van der Waals surface area contributed by atoms with Crippen LogP contribution < -0.4 is 4.74 Å². The van der Waals surface area contributed by atoms with E-state index in [1.807, 2.05) is 30.3 Å². The van der Waals surface area contributed by atoms with E-state index < -0.39 is 0 Å². The number of likely N-dealkylation sites (N-methyl/N-ethyl adjacent to an activating group) is 1. The highest BCUT2D eigenvalue weighted by molar-refractivity contribution is 5.29. The molecule has 110 valence electrons. The fourth-order valence-corrected chi connectivity index (χ4v) is 2.60. The molecule has 1 heterocycles. The first-order valence-corrected chi connectivity index (χ1v) is 7.49. The summed E-state index contributed by atoms with van der Waals surface area (Å²) in [5.41, 5.74) is 2.37. The predicted octanol–water partition coefficient (Wildman–Crippen LogP) is 3.62. The molecule has 21 heavy (non-hydrogen) atoms. The van der Waals surface area contributed by atoms with Gasteiger partial charge >= 0.3 is 0 Å². The Hall–Kier alpha value is -1.84. The van der Waals surface area contributed by atoms with Crippen molar-refractivity contribution < 1.29 is 9.47 Å². The van der Waals surface area contributed by atoms with E-state index in [0.29, 0.717) is 6.61 Å². The lowest BCUT2D eigenvalue weighted by atomic mass is 10.2. The Bertz CT molecular complexity index is 553. The molecule has 0 unspecified atom stereocenters. The second-order valence-corrected chi connectivity index (χ2v) is 5.20. The third-order valence-electron chi connectivity index (χ3n) is 3.81. The summed E-state index contributed by atoms with van der Waals surface area (Å²) >= 11 is 0. The number of nitrogens with zero attached hydrogens (tertiary/aromatic N) is 1. The number of hydrogen-bond donors (Lipinski definition) is 0. The standard InChI is InChI=1S/C18H21NO2/c1-2-19-12-13-20-18(19)16-8-10-17(11-9-16)21-14-15-6-4-3-5-7-15/h3-11,18H,2,12-14H2,1H3/t18-/m0/s1. The number of hydrogen-bond acceptors (Lipinski definition) is 3. The van der Waals surface area contributed by atoms with Gasteiger partial charge in [0.1, 0.15) is 18.6 Å². The SMILES string of the molecule is CCN1CCO[C@H]1c1ccc(OCc2ccccc2)cc1. The number of benzene rings is 2. The van der Waals surface area contributed by atoms with E-state index in [-0.39, 0.29) is 6.23 Å². The van der Waals surface area contributed by atoms with Crippen molar-refractivity contribution in [2.24, 2.45) is 0 Å². The van der Waals surface area contributed by atoms with Gasteiger partial charge < -0.3 is 9.47 Å². The van der Waals surface area contributed by atoms with Crippen LogP contribution in [0.2, 0.25) is 0 Å². The highest BCUT2D eigenvalue weighted by Gasteiger charge is 2.25. The van der Waals surface area contributed by atoms with E-state index in [9.17, 15) is 0 Å². The fraction of sp³-hybridized carbons (Fsp3) is 0.333. The van der Waals surface area contributed by atoms with E-state index in [4.69, 9.17) is 9.47 Å². The minimum Gasteiger partial charge on any atom is -0.489 e. The molecule has 1 atom stereocenters. The van der Waals surface area contributed by atoms with Crippen molar-refractivity contribution in [2.75, 3.05) is 19.7 Å². The third kappa shape index (κ3) is 3.43. The first-order valence-electron chi connectivity index (χ1n) is 7.49. The van der Waals surface area contributed by atoms with Crippen molar-refractivity contribution in [3.05, 3.63) is 65.7 Å². The normalized spacial score (nSPS) is 18.8. The molecule has 3 rings (SSSR count). The Morgan fingerprint density at radius 1 is 1.10 bits per heavy atom. The van der Waals surface area contributed by atoms with Crippen LogP contribution in [0.4, 0.5) is 0 Å². The summed E-state index contributed by atoms with van der Waals surface area (Å²) in [6, 6.07) is 18.4. The summed E-state index contributed by atoms with van der Waals surface area (Å²) < 4.78 is 11.6. The molecule has 0 amide bonds. The zero-order valence-corrected chi connectivity index (χ0v) is 12.4. The van der Waals surface area contributed by atoms with Gasteiger partial charge in [-0.3, -0.25) is 4.90 Å². The van der Waals surface area contributed by atoms with E-state index in [1.165, 1.54) is 11.1 Å². The molecule has 1 fully saturated rings. The first-order chi connectivity index (χ1) is 10.4. The van der Waals surface area contributed by atoms with Crippen molar-refractivity contribution in [2.45, 2.75) is 19.8 Å². The second kappa shape index (κ2) is 6.74. The Morgan fingerprint density at radius 3 is 2.57 bits per heavy atom. The predicted molar refractivity (Wildman–Crippen MR) is 83.2 cm³/mol. The molecule has 0 saturated carbocycles. The van der Waals surface area contributed by atoms with Gasteiger partial charge in [0.15, 0.2) is 0 Å². The molecule has 2 aromatic rings. The lowest BCUT2D eigenvalue weighted by Crippen LogP contribution is -2.23. The first kappa shape index (κ1) is 14.1. The van der Waals surface area contributed by atoms with Crippen LogP contribution >= 0.6 is 0 Å². The molecule has 3 heteroatoms. The van der Waals surface area contributed by atoms with Gasteiger partial charge in [0.2, 0.25) is 0 Å². The summed E-state index contributed by atoms with van der Waals surface area (Å²) in [5.74, 6) is 0.892. The molecular weight excluding hydrogens is 262 g/mol. The monoisotopic (exact) mass is 283 g/mol. The zero-order valence-electron chi connectivity index (χ0n) is 12.4. The summed E-state index contributed by atoms with van der Waals surface area (Å²) in [6.45, 7) is 5.59. The smallest absolute Gasteiger partial charge is 0.136 e. The quantitative estimate of drug-likeness (QED) is 0.836. The molecule has 0 N–H and O–H groups in total. The van der Waals surface area contributed by atoms with Gasteiger partial charge in [-0.25, -0.2) is 0 Å². The summed E-state index contributed by atoms with van der Waals surface area (Å²) in [4.78, 5) is 2.33. The maximum absolute atomic E-state index is 5.81. The van der Waals surface area contributed by atoms with Crippen LogP contribution in [-0.4, -0.2) is 24.6 Å². The maximum Gasteiger partial charge on any atom is 0.136 e. The van der Waals surface area contributed by atoms with Crippen LogP contribution in [0.5, 0.6) is 5.75 Å². The summed E-state index contributed by atoms with van der Waals surface area (Å²) in [7, 11) is 0. The third-order valence-corrected chi connectivity index (χ3v) is 3.81. The van der Waals surface area contributed by atoms with Gasteiger partial charge in [-0.15, -0.1) is 0 Å². The van der Waals surface area contributed by atoms with Gasteiger partial charge in [-0.2, -0.15) is 0 Å². The van der Waals surface area contributed by atoms with Gasteiger partial charge in [0, 0.05) is 6.54 Å². The van der Waals surface area contributed by atoms with Crippen molar-refractivity contribution >= 4 is 0 Å². The average Bonchev–Trinajstić information content (AvgIpc) is 3.03. The molecule has 1 aliphatic heterocycles. The van der Waals surface area contributed by atoms with Crippen LogP contribution in [0.1, 0.15) is 24.3 Å². The van der Waals surface area contributed by atoms with Crippen LogP contribution in [0, 0.1) is 0 Å². The molecule has 0 aliphatic carbocycles. The summed E-state index contributed by atoms with van der Waals surface area (Å²) in [6.07, 6.45) is 0.0955. The van der Waals surface area contributed by atoms with E-state index in [0.717, 1.165) is 25.4 Å². The molecule has 1 aliphatic rings. The maximum atomic E-state index is 5.81. The molecule has 0 aromatic heterocycles. The highest BCUT2D eigenvalue weighted by atomic mass is 16.5. The number of rotatable bonds is 5. The van der Waals surface area contributed by atoms with Crippen molar-refractivity contribution in [3.8, 4) is 5.75 Å². The van der Waals surface area contributed by atoms with Gasteiger partial charge in [0.25, 0.3) is 0 Å². The molecule has 0 radical (unpaired) electrons. The highest BCUT2D eigenvalue weighted by Crippen LogP contribution is 2.27. The van der Waals surface area contributed by atoms with Crippen molar-refractivity contribution in [1.29, 1.82) is 0 Å². The van der Waals surface area contributed by atoms with Crippen LogP contribution in [0.25, 0.3) is 0 Å². The van der Waals surface area contributed by atoms with Crippen LogP contribution in [0.3, 0.4) is 0 Å². The Balaban J connectivity index is 1.61. The Kier molecular flexibility index (Phi) is 4.53. The Morgan fingerprint density at radius 2 is 1.86 bits per heavy atom. The van der Waals surface area contributed by atoms with Crippen molar-refractivity contribution in [1.82, 2.24) is 4.90 Å². The van der Waals surface area contributed by atoms with Crippen molar-refractivity contribution in [3.63, 3.8) is 0 Å². The lowest BCUT2D eigenvalue weighted by molar-refractivity contribution is 0.0353. The Labute approximate surface area is 126 Å². The average molecular weight is 283 g/mol. The summed E-state index contributed by atoms with van der Waals surface area (Å²) in [5, 5.41) is 0. The van der Waals surface area contributed by atoms with E-state index in [1.54, 1.807) is 0 Å². The van der Waals surface area contributed by atoms with Gasteiger partial charge in [0.05, 0.1) is 6.61 Å². The molecular formula is C18H21NO2. The zero-order chi connectivity index (χ0) is 14.5. The topological polar surface area (TPSA) is 21.7 Å². The van der Waals surface area contributed by atoms with E-state index in [2.05, 4.69) is 36.1 Å². The molecule has 2 aromatic carbocycles. The molecule has 0 bridgehead atoms. The molecule has 1 saturated heterocycles. The molecule has 3 nitrogen and oxygen atoms in total. The minimum absolute atomic E-state index is 0.0955. The van der Waals surface area contributed by atoms with Gasteiger partial charge in [-0.05, 0) is 29.8 Å². The molecule has 0 spiro atoms. The fourth-order valence-electron chi connectivity index (χ4n) is 2.60. The largest absolute Gasteiger partial charge is 0.489 e. The van der Waals surface area contributed by atoms with Crippen LogP contribution in [-0.2, 0) is 11.3 Å².